The van der Waals surface area contributed by atoms with Crippen LogP contribution in [0.3, 0.4) is 0 Å². The molecule has 0 bridgehead atoms. The van der Waals surface area contributed by atoms with Crippen molar-refractivity contribution in [1.29, 1.82) is 0 Å². The number of aryl methyl sites for hydroxylation is 1. The van der Waals surface area contributed by atoms with Crippen molar-refractivity contribution >= 4 is 0 Å². The number of hydrogen-bond donors (Lipinski definition) is 0. The van der Waals surface area contributed by atoms with Crippen molar-refractivity contribution in [2.45, 2.75) is 39.2 Å². The molecule has 1 saturated heterocycles. The van der Waals surface area contributed by atoms with Gasteiger partial charge in [-0.1, -0.05) is 37.6 Å². The molecule has 0 N–H and O–H groups in total. The Morgan fingerprint density at radius 3 is 2.18 bits per heavy atom. The highest BCUT2D eigenvalue weighted by molar-refractivity contribution is 5.22. The lowest BCUT2D eigenvalue weighted by molar-refractivity contribution is 0.303. The first-order chi connectivity index (χ1) is 8.35. The van der Waals surface area contributed by atoms with Crippen LogP contribution in [0.2, 0.25) is 0 Å². The predicted octanol–water partition coefficient (Wildman–Crippen LogP) is 3.48. The third-order valence-electron chi connectivity index (χ3n) is 4.64. The summed E-state index contributed by atoms with van der Waals surface area (Å²) in [7, 11) is 0. The summed E-state index contributed by atoms with van der Waals surface area (Å²) in [5, 5.41) is 0. The molecule has 1 heterocycles. The van der Waals surface area contributed by atoms with Gasteiger partial charge in [-0.2, -0.15) is 0 Å². The molecular weight excluding hydrogens is 206 g/mol. The summed E-state index contributed by atoms with van der Waals surface area (Å²) in [5.74, 6) is 2.04. The maximum absolute atomic E-state index is 2.66. The van der Waals surface area contributed by atoms with E-state index in [-0.39, 0.29) is 0 Å². The van der Waals surface area contributed by atoms with Gasteiger partial charge in [-0.25, -0.2) is 0 Å². The molecule has 92 valence electrons. The van der Waals surface area contributed by atoms with Gasteiger partial charge < -0.3 is 0 Å². The van der Waals surface area contributed by atoms with Crippen LogP contribution >= 0.6 is 0 Å². The average molecular weight is 229 g/mol. The van der Waals surface area contributed by atoms with E-state index in [1.54, 1.807) is 0 Å². The van der Waals surface area contributed by atoms with E-state index in [2.05, 4.69) is 36.1 Å². The summed E-state index contributed by atoms with van der Waals surface area (Å²) < 4.78 is 0. The highest BCUT2D eigenvalue weighted by atomic mass is 15.2. The highest BCUT2D eigenvalue weighted by Gasteiger charge is 2.35. The van der Waals surface area contributed by atoms with Gasteiger partial charge in [-0.05, 0) is 42.2 Å². The van der Waals surface area contributed by atoms with Gasteiger partial charge in [0.2, 0.25) is 0 Å². The Labute approximate surface area is 105 Å². The SMILES string of the molecule is CCc1ccc(CN2CC3CCCC3C2)cc1. The molecule has 0 aromatic heterocycles. The lowest BCUT2D eigenvalue weighted by atomic mass is 10.0. The molecule has 0 spiro atoms. The Morgan fingerprint density at radius 1 is 1.00 bits per heavy atom. The van der Waals surface area contributed by atoms with Crippen molar-refractivity contribution < 1.29 is 0 Å². The van der Waals surface area contributed by atoms with E-state index < -0.39 is 0 Å². The monoisotopic (exact) mass is 229 g/mol. The van der Waals surface area contributed by atoms with Crippen molar-refractivity contribution in [2.24, 2.45) is 11.8 Å². The van der Waals surface area contributed by atoms with E-state index in [4.69, 9.17) is 0 Å². The second-order valence-electron chi connectivity index (χ2n) is 5.82. The minimum absolute atomic E-state index is 1.02. The minimum atomic E-state index is 1.02. The van der Waals surface area contributed by atoms with Gasteiger partial charge in [0.05, 0.1) is 0 Å². The molecule has 1 aromatic rings. The van der Waals surface area contributed by atoms with Crippen molar-refractivity contribution in [2.75, 3.05) is 13.1 Å². The molecule has 2 fully saturated rings. The quantitative estimate of drug-likeness (QED) is 0.767. The standard InChI is InChI=1S/C16H23N/c1-2-13-6-8-14(9-7-13)10-17-11-15-4-3-5-16(15)12-17/h6-9,15-16H,2-5,10-12H2,1H3. The van der Waals surface area contributed by atoms with Gasteiger partial charge in [0, 0.05) is 19.6 Å². The molecule has 0 amide bonds. The molecule has 0 radical (unpaired) electrons. The zero-order chi connectivity index (χ0) is 11.7. The maximum atomic E-state index is 2.66. The molecule has 1 nitrogen and oxygen atoms in total. The average Bonchev–Trinajstić information content (AvgIpc) is 2.90. The lowest BCUT2D eigenvalue weighted by Crippen LogP contribution is -2.21. The molecule has 3 rings (SSSR count). The van der Waals surface area contributed by atoms with Crippen LogP contribution in [-0.4, -0.2) is 18.0 Å². The molecule has 1 aliphatic heterocycles. The van der Waals surface area contributed by atoms with Crippen LogP contribution in [0.5, 0.6) is 0 Å². The molecule has 17 heavy (non-hydrogen) atoms. The number of hydrogen-bond acceptors (Lipinski definition) is 1. The van der Waals surface area contributed by atoms with Gasteiger partial charge in [0.25, 0.3) is 0 Å². The van der Waals surface area contributed by atoms with Crippen molar-refractivity contribution in [3.63, 3.8) is 0 Å². The van der Waals surface area contributed by atoms with E-state index in [0.717, 1.165) is 24.8 Å². The zero-order valence-electron chi connectivity index (χ0n) is 10.9. The first kappa shape index (κ1) is 11.3. The molecule has 1 heteroatoms. The van der Waals surface area contributed by atoms with E-state index in [9.17, 15) is 0 Å². The smallest absolute Gasteiger partial charge is 0.0233 e. The molecule has 2 atom stereocenters. The van der Waals surface area contributed by atoms with Crippen LogP contribution in [0.15, 0.2) is 24.3 Å². The fourth-order valence-electron chi connectivity index (χ4n) is 3.60. The zero-order valence-corrected chi connectivity index (χ0v) is 10.9. The lowest BCUT2D eigenvalue weighted by Gasteiger charge is -2.16. The minimum Gasteiger partial charge on any atom is -0.299 e. The Morgan fingerprint density at radius 2 is 1.59 bits per heavy atom. The Bertz CT molecular complexity index is 356. The maximum Gasteiger partial charge on any atom is 0.0233 e. The van der Waals surface area contributed by atoms with Crippen LogP contribution in [0.4, 0.5) is 0 Å². The van der Waals surface area contributed by atoms with Crippen LogP contribution in [0.1, 0.15) is 37.3 Å². The number of nitrogens with zero attached hydrogens (tertiary/aromatic N) is 1. The van der Waals surface area contributed by atoms with Gasteiger partial charge in [0.1, 0.15) is 0 Å². The van der Waals surface area contributed by atoms with Crippen LogP contribution in [0.25, 0.3) is 0 Å². The van der Waals surface area contributed by atoms with Gasteiger partial charge in [0.15, 0.2) is 0 Å². The third-order valence-corrected chi connectivity index (χ3v) is 4.64. The Kier molecular flexibility index (Phi) is 3.19. The van der Waals surface area contributed by atoms with Gasteiger partial charge in [-0.3, -0.25) is 4.90 Å². The van der Waals surface area contributed by atoms with Gasteiger partial charge in [-0.15, -0.1) is 0 Å². The van der Waals surface area contributed by atoms with E-state index in [1.165, 1.54) is 43.5 Å². The highest BCUT2D eigenvalue weighted by Crippen LogP contribution is 2.38. The third kappa shape index (κ3) is 2.40. The summed E-state index contributed by atoms with van der Waals surface area (Å²) in [6.07, 6.45) is 5.59. The van der Waals surface area contributed by atoms with Crippen molar-refractivity contribution in [3.8, 4) is 0 Å². The van der Waals surface area contributed by atoms with Crippen LogP contribution in [0, 0.1) is 11.8 Å². The Hall–Kier alpha value is -0.820. The summed E-state index contributed by atoms with van der Waals surface area (Å²) >= 11 is 0. The fraction of sp³-hybridized carbons (Fsp3) is 0.625. The predicted molar refractivity (Wildman–Crippen MR) is 71.9 cm³/mol. The van der Waals surface area contributed by atoms with E-state index in [1.807, 2.05) is 0 Å². The summed E-state index contributed by atoms with van der Waals surface area (Å²) in [4.78, 5) is 2.66. The first-order valence-electron chi connectivity index (χ1n) is 7.15. The van der Waals surface area contributed by atoms with Crippen molar-refractivity contribution in [3.05, 3.63) is 35.4 Å². The summed E-state index contributed by atoms with van der Waals surface area (Å²) in [5.41, 5.74) is 2.94. The number of fused-ring (bicyclic) bond motifs is 1. The molecule has 2 unspecified atom stereocenters. The molecular formula is C16H23N. The van der Waals surface area contributed by atoms with Crippen LogP contribution in [-0.2, 0) is 13.0 Å². The molecule has 1 aromatic carbocycles. The van der Waals surface area contributed by atoms with E-state index in [0.29, 0.717) is 0 Å². The fourth-order valence-corrected chi connectivity index (χ4v) is 3.60. The number of likely N-dealkylation sites (tertiary alicyclic amines) is 1. The topological polar surface area (TPSA) is 3.24 Å². The molecule has 2 aliphatic rings. The van der Waals surface area contributed by atoms with Crippen molar-refractivity contribution in [1.82, 2.24) is 4.90 Å². The summed E-state index contributed by atoms with van der Waals surface area (Å²) in [6, 6.07) is 9.19. The molecule has 1 aliphatic carbocycles. The Balaban J connectivity index is 1.59. The second kappa shape index (κ2) is 4.81. The van der Waals surface area contributed by atoms with E-state index >= 15 is 0 Å². The summed E-state index contributed by atoms with van der Waals surface area (Å²) in [6.45, 7) is 6.08. The van der Waals surface area contributed by atoms with Crippen LogP contribution < -0.4 is 0 Å². The molecule has 1 saturated carbocycles. The normalized spacial score (nSPS) is 28.5. The largest absolute Gasteiger partial charge is 0.299 e. The number of rotatable bonds is 3. The second-order valence-corrected chi connectivity index (χ2v) is 5.82. The van der Waals surface area contributed by atoms with Gasteiger partial charge >= 0.3 is 0 Å². The number of benzene rings is 1. The first-order valence-corrected chi connectivity index (χ1v) is 7.15.